The van der Waals surface area contributed by atoms with Gasteiger partial charge in [0.1, 0.15) is 24.7 Å². The number of nitrogens with two attached hydrogens (primary N) is 1. The summed E-state index contributed by atoms with van der Waals surface area (Å²) < 4.78 is 17.8. The second kappa shape index (κ2) is 10.9. The van der Waals surface area contributed by atoms with Crippen LogP contribution in [0.5, 0.6) is 11.5 Å². The highest BCUT2D eigenvalue weighted by molar-refractivity contribution is 5.71. The Morgan fingerprint density at radius 2 is 2.00 bits per heavy atom. The number of aliphatic carboxylic acids is 1. The van der Waals surface area contributed by atoms with Crippen LogP contribution in [0.3, 0.4) is 0 Å². The van der Waals surface area contributed by atoms with Crippen LogP contribution in [0.4, 0.5) is 0 Å². The molecule has 3 N–H and O–H groups in total. The SMILES string of the molecule is NCc1cccc(-c2cc(COc3ccccc3CC(=O)O)cc(OC[C@H]3CCCO3)c2)n1. The predicted molar refractivity (Wildman–Crippen MR) is 124 cm³/mol. The van der Waals surface area contributed by atoms with Gasteiger partial charge in [-0.1, -0.05) is 24.3 Å². The van der Waals surface area contributed by atoms with E-state index in [1.807, 2.05) is 42.5 Å². The van der Waals surface area contributed by atoms with Crippen molar-refractivity contribution in [1.82, 2.24) is 4.98 Å². The molecule has 1 aromatic heterocycles. The molecule has 0 radical (unpaired) electrons. The van der Waals surface area contributed by atoms with E-state index in [0.29, 0.717) is 30.2 Å². The summed E-state index contributed by atoms with van der Waals surface area (Å²) >= 11 is 0. The Kier molecular flexibility index (Phi) is 7.55. The van der Waals surface area contributed by atoms with E-state index in [-0.39, 0.29) is 19.1 Å². The first kappa shape index (κ1) is 22.8. The van der Waals surface area contributed by atoms with Crippen molar-refractivity contribution in [2.75, 3.05) is 13.2 Å². The summed E-state index contributed by atoms with van der Waals surface area (Å²) in [6.45, 7) is 1.89. The van der Waals surface area contributed by atoms with E-state index in [1.54, 1.807) is 18.2 Å². The van der Waals surface area contributed by atoms with Crippen LogP contribution in [-0.4, -0.2) is 35.4 Å². The average Bonchev–Trinajstić information content (AvgIpc) is 3.36. The van der Waals surface area contributed by atoms with Crippen molar-refractivity contribution in [2.45, 2.75) is 38.5 Å². The zero-order valence-electron chi connectivity index (χ0n) is 18.4. The highest BCUT2D eigenvalue weighted by atomic mass is 16.5. The number of carboxylic acids is 1. The van der Waals surface area contributed by atoms with E-state index in [4.69, 9.17) is 25.1 Å². The van der Waals surface area contributed by atoms with Crippen molar-refractivity contribution in [1.29, 1.82) is 0 Å². The highest BCUT2D eigenvalue weighted by Crippen LogP contribution is 2.28. The maximum atomic E-state index is 11.2. The number of benzene rings is 2. The van der Waals surface area contributed by atoms with Crippen LogP contribution in [0.1, 0.15) is 29.7 Å². The molecule has 4 rings (SSSR count). The maximum absolute atomic E-state index is 11.2. The largest absolute Gasteiger partial charge is 0.491 e. The molecule has 1 aliphatic heterocycles. The lowest BCUT2D eigenvalue weighted by Crippen LogP contribution is -2.16. The summed E-state index contributed by atoms with van der Waals surface area (Å²) in [6, 6.07) is 18.8. The molecular weight excluding hydrogens is 420 g/mol. The van der Waals surface area contributed by atoms with Gasteiger partial charge in [0.2, 0.25) is 0 Å². The Morgan fingerprint density at radius 3 is 2.79 bits per heavy atom. The van der Waals surface area contributed by atoms with E-state index in [0.717, 1.165) is 42.0 Å². The van der Waals surface area contributed by atoms with E-state index in [1.165, 1.54) is 0 Å². The van der Waals surface area contributed by atoms with Gasteiger partial charge in [-0.15, -0.1) is 0 Å². The van der Waals surface area contributed by atoms with Crippen molar-refractivity contribution < 1.29 is 24.1 Å². The molecule has 2 heterocycles. The number of carboxylic acid groups (broad SMARTS) is 1. The molecule has 3 aromatic rings. The molecule has 1 fully saturated rings. The first-order valence-corrected chi connectivity index (χ1v) is 11.1. The lowest BCUT2D eigenvalue weighted by molar-refractivity contribution is -0.136. The Labute approximate surface area is 193 Å². The molecule has 1 aliphatic rings. The standard InChI is InChI=1S/C26H28N2O5/c27-15-21-6-3-8-24(28-21)20-11-18(12-23(13-20)32-17-22-7-4-10-31-22)16-33-25-9-2-1-5-19(25)14-26(29)30/h1-3,5-6,8-9,11-13,22H,4,7,10,14-17,27H2,(H,29,30)/t22-/m1/s1. The number of hydrogen-bond acceptors (Lipinski definition) is 6. The van der Waals surface area contributed by atoms with Gasteiger partial charge in [-0.05, 0) is 54.8 Å². The molecule has 0 spiro atoms. The number of pyridine rings is 1. The summed E-state index contributed by atoms with van der Waals surface area (Å²) in [5.74, 6) is 0.361. The monoisotopic (exact) mass is 448 g/mol. The number of carbonyl (C=O) groups is 1. The third-order valence-corrected chi connectivity index (χ3v) is 5.45. The highest BCUT2D eigenvalue weighted by Gasteiger charge is 2.17. The summed E-state index contributed by atoms with van der Waals surface area (Å²) in [5, 5.41) is 9.17. The first-order chi connectivity index (χ1) is 16.1. The van der Waals surface area contributed by atoms with Crippen molar-refractivity contribution in [3.8, 4) is 22.8 Å². The van der Waals surface area contributed by atoms with Crippen LogP contribution in [-0.2, 0) is 29.1 Å². The van der Waals surface area contributed by atoms with Gasteiger partial charge in [0, 0.05) is 24.3 Å². The minimum Gasteiger partial charge on any atom is -0.491 e. The number of aromatic nitrogens is 1. The molecule has 2 aromatic carbocycles. The quantitative estimate of drug-likeness (QED) is 0.484. The normalized spacial score (nSPS) is 15.4. The van der Waals surface area contributed by atoms with Crippen LogP contribution in [0.2, 0.25) is 0 Å². The van der Waals surface area contributed by atoms with Gasteiger partial charge in [-0.25, -0.2) is 0 Å². The summed E-state index contributed by atoms with van der Waals surface area (Å²) in [5.41, 5.74) is 9.79. The van der Waals surface area contributed by atoms with E-state index in [2.05, 4.69) is 4.98 Å². The second-order valence-corrected chi connectivity index (χ2v) is 8.00. The number of hydrogen-bond donors (Lipinski definition) is 2. The van der Waals surface area contributed by atoms with Gasteiger partial charge in [0.05, 0.1) is 23.9 Å². The zero-order valence-corrected chi connectivity index (χ0v) is 18.4. The molecule has 1 saturated heterocycles. The van der Waals surface area contributed by atoms with Crippen molar-refractivity contribution in [3.05, 3.63) is 77.5 Å². The Balaban J connectivity index is 1.58. The average molecular weight is 449 g/mol. The summed E-state index contributed by atoms with van der Waals surface area (Å²) in [6.07, 6.45) is 2.06. The maximum Gasteiger partial charge on any atom is 0.307 e. The molecular formula is C26H28N2O5. The smallest absolute Gasteiger partial charge is 0.307 e. The summed E-state index contributed by atoms with van der Waals surface area (Å²) in [7, 11) is 0. The minimum atomic E-state index is -0.899. The Morgan fingerprint density at radius 1 is 1.12 bits per heavy atom. The van der Waals surface area contributed by atoms with Gasteiger partial charge >= 0.3 is 5.97 Å². The lowest BCUT2D eigenvalue weighted by atomic mass is 10.1. The van der Waals surface area contributed by atoms with Gasteiger partial charge < -0.3 is 25.1 Å². The fourth-order valence-corrected chi connectivity index (χ4v) is 3.81. The molecule has 7 nitrogen and oxygen atoms in total. The summed E-state index contributed by atoms with van der Waals surface area (Å²) in [4.78, 5) is 15.8. The molecule has 7 heteroatoms. The molecule has 0 saturated carbocycles. The second-order valence-electron chi connectivity index (χ2n) is 8.00. The number of rotatable bonds is 10. The zero-order chi connectivity index (χ0) is 23.0. The van der Waals surface area contributed by atoms with Crippen molar-refractivity contribution in [2.24, 2.45) is 5.73 Å². The molecule has 0 unspecified atom stereocenters. The van der Waals surface area contributed by atoms with Crippen molar-refractivity contribution in [3.63, 3.8) is 0 Å². The van der Waals surface area contributed by atoms with Crippen LogP contribution in [0.15, 0.2) is 60.7 Å². The number of nitrogens with zero attached hydrogens (tertiary/aromatic N) is 1. The third kappa shape index (κ3) is 6.31. The van der Waals surface area contributed by atoms with Gasteiger partial charge in [-0.2, -0.15) is 0 Å². The van der Waals surface area contributed by atoms with Gasteiger partial charge in [0.15, 0.2) is 0 Å². The van der Waals surface area contributed by atoms with E-state index >= 15 is 0 Å². The fourth-order valence-electron chi connectivity index (χ4n) is 3.81. The fraction of sp³-hybridized carbons (Fsp3) is 0.308. The molecule has 33 heavy (non-hydrogen) atoms. The van der Waals surface area contributed by atoms with Crippen LogP contribution in [0, 0.1) is 0 Å². The first-order valence-electron chi connectivity index (χ1n) is 11.1. The lowest BCUT2D eigenvalue weighted by Gasteiger charge is -2.15. The molecule has 0 aliphatic carbocycles. The molecule has 172 valence electrons. The van der Waals surface area contributed by atoms with E-state index in [9.17, 15) is 4.79 Å². The predicted octanol–water partition coefficient (Wildman–Crippen LogP) is 3.97. The van der Waals surface area contributed by atoms with Crippen LogP contribution < -0.4 is 15.2 Å². The minimum absolute atomic E-state index is 0.0955. The number of ether oxygens (including phenoxy) is 3. The van der Waals surface area contributed by atoms with Crippen LogP contribution in [0.25, 0.3) is 11.3 Å². The van der Waals surface area contributed by atoms with Crippen molar-refractivity contribution >= 4 is 5.97 Å². The molecule has 0 amide bonds. The third-order valence-electron chi connectivity index (χ3n) is 5.45. The topological polar surface area (TPSA) is 104 Å². The van der Waals surface area contributed by atoms with Gasteiger partial charge in [-0.3, -0.25) is 9.78 Å². The van der Waals surface area contributed by atoms with Gasteiger partial charge in [0.25, 0.3) is 0 Å². The molecule has 1 atom stereocenters. The Bertz CT molecular complexity index is 1100. The Hall–Kier alpha value is -3.42. The molecule has 0 bridgehead atoms. The number of para-hydroxylation sites is 1. The van der Waals surface area contributed by atoms with E-state index < -0.39 is 5.97 Å². The van der Waals surface area contributed by atoms with Crippen LogP contribution >= 0.6 is 0 Å².